The first-order chi connectivity index (χ1) is 14.1. The summed E-state index contributed by atoms with van der Waals surface area (Å²) in [7, 11) is 4.02. The van der Waals surface area contributed by atoms with Gasteiger partial charge in [-0.25, -0.2) is 15.0 Å². The van der Waals surface area contributed by atoms with Crippen molar-refractivity contribution in [2.45, 2.75) is 33.2 Å². The summed E-state index contributed by atoms with van der Waals surface area (Å²) in [4.78, 5) is 17.4. The molecule has 0 saturated heterocycles. The number of aryl methyl sites for hydroxylation is 1. The van der Waals surface area contributed by atoms with E-state index in [9.17, 15) is 0 Å². The number of aliphatic imine (C=N–C) groups is 1. The van der Waals surface area contributed by atoms with Gasteiger partial charge < -0.3 is 15.5 Å². The van der Waals surface area contributed by atoms with E-state index in [4.69, 9.17) is 9.98 Å². The van der Waals surface area contributed by atoms with E-state index in [1.165, 1.54) is 15.4 Å². The summed E-state index contributed by atoms with van der Waals surface area (Å²) in [6, 6.07) is 10.4. The number of aromatic nitrogens is 2. The molecule has 0 bridgehead atoms. The molecular weight excluding hydrogens is 380 g/mol. The molecule has 0 spiro atoms. The standard InChI is InChI=1S/C22H30N6S/c1-5-17-15-25-21(29-17)11-12-24-22(23-6-2)26-14-16-13-20(28(3)4)27-19-10-8-7-9-18(16)19/h7-10,13,15H,5-6,11-12,14H2,1-4H3,(H2,23,24,26). The normalized spacial score (nSPS) is 11.7. The fourth-order valence-electron chi connectivity index (χ4n) is 3.01. The highest BCUT2D eigenvalue weighted by Crippen LogP contribution is 2.22. The van der Waals surface area contributed by atoms with E-state index < -0.39 is 0 Å². The summed E-state index contributed by atoms with van der Waals surface area (Å²) in [5, 5.41) is 9.08. The molecule has 29 heavy (non-hydrogen) atoms. The number of pyridine rings is 1. The smallest absolute Gasteiger partial charge is 0.191 e. The van der Waals surface area contributed by atoms with Crippen LogP contribution in [0.4, 0.5) is 5.82 Å². The minimum Gasteiger partial charge on any atom is -0.363 e. The Morgan fingerprint density at radius 1 is 1.17 bits per heavy atom. The number of anilines is 1. The van der Waals surface area contributed by atoms with E-state index in [-0.39, 0.29) is 0 Å². The molecule has 0 aliphatic heterocycles. The zero-order valence-electron chi connectivity index (χ0n) is 17.7. The average molecular weight is 411 g/mol. The fraction of sp³-hybridized carbons (Fsp3) is 0.409. The lowest BCUT2D eigenvalue weighted by molar-refractivity contribution is 0.797. The van der Waals surface area contributed by atoms with E-state index in [2.05, 4.69) is 53.7 Å². The van der Waals surface area contributed by atoms with Crippen LogP contribution < -0.4 is 15.5 Å². The van der Waals surface area contributed by atoms with Gasteiger partial charge in [-0.1, -0.05) is 25.1 Å². The lowest BCUT2D eigenvalue weighted by Gasteiger charge is -2.15. The van der Waals surface area contributed by atoms with Crippen molar-refractivity contribution in [3.63, 3.8) is 0 Å². The predicted octanol–water partition coefficient (Wildman–Crippen LogP) is 3.62. The zero-order chi connectivity index (χ0) is 20.6. The number of rotatable bonds is 8. The number of thiazole rings is 1. The van der Waals surface area contributed by atoms with Gasteiger partial charge in [0.05, 0.1) is 17.1 Å². The predicted molar refractivity (Wildman–Crippen MR) is 124 cm³/mol. The molecule has 0 fully saturated rings. The number of fused-ring (bicyclic) bond motifs is 1. The van der Waals surface area contributed by atoms with Crippen LogP contribution in [0, 0.1) is 0 Å². The van der Waals surface area contributed by atoms with Gasteiger partial charge in [0.25, 0.3) is 0 Å². The summed E-state index contributed by atoms with van der Waals surface area (Å²) < 4.78 is 0. The Hall–Kier alpha value is -2.67. The molecule has 0 amide bonds. The first kappa shape index (κ1) is 21.0. The first-order valence-corrected chi connectivity index (χ1v) is 10.9. The Morgan fingerprint density at radius 2 is 2.00 bits per heavy atom. The molecule has 0 radical (unpaired) electrons. The van der Waals surface area contributed by atoms with Crippen molar-refractivity contribution in [1.29, 1.82) is 0 Å². The summed E-state index contributed by atoms with van der Waals surface area (Å²) >= 11 is 1.79. The van der Waals surface area contributed by atoms with Gasteiger partial charge in [0.1, 0.15) is 5.82 Å². The van der Waals surface area contributed by atoms with Crippen LogP contribution in [-0.2, 0) is 19.4 Å². The summed E-state index contributed by atoms with van der Waals surface area (Å²) in [6.45, 7) is 6.47. The maximum absolute atomic E-state index is 4.82. The maximum atomic E-state index is 4.82. The summed E-state index contributed by atoms with van der Waals surface area (Å²) in [5.74, 6) is 1.77. The highest BCUT2D eigenvalue weighted by atomic mass is 32.1. The molecule has 2 heterocycles. The number of guanidine groups is 1. The van der Waals surface area contributed by atoms with Crippen molar-refractivity contribution >= 4 is 34.0 Å². The average Bonchev–Trinajstić information content (AvgIpc) is 3.19. The SMILES string of the molecule is CCNC(=NCc1cc(N(C)C)nc2ccccc12)NCCc1ncc(CC)s1. The molecule has 0 aliphatic rings. The van der Waals surface area contributed by atoms with Crippen LogP contribution in [-0.4, -0.2) is 43.1 Å². The Balaban J connectivity index is 1.72. The molecule has 3 aromatic rings. The topological polar surface area (TPSA) is 65.4 Å². The van der Waals surface area contributed by atoms with Gasteiger partial charge >= 0.3 is 0 Å². The number of nitrogens with zero attached hydrogens (tertiary/aromatic N) is 4. The molecule has 0 atom stereocenters. The number of para-hydroxylation sites is 1. The van der Waals surface area contributed by atoms with Crippen LogP contribution >= 0.6 is 11.3 Å². The van der Waals surface area contributed by atoms with Gasteiger partial charge in [-0.3, -0.25) is 0 Å². The maximum Gasteiger partial charge on any atom is 0.191 e. The van der Waals surface area contributed by atoms with Crippen molar-refractivity contribution in [3.8, 4) is 0 Å². The fourth-order valence-corrected chi connectivity index (χ4v) is 3.87. The molecule has 7 heteroatoms. The minimum atomic E-state index is 0.594. The third-order valence-electron chi connectivity index (χ3n) is 4.58. The molecule has 0 unspecified atom stereocenters. The second-order valence-electron chi connectivity index (χ2n) is 7.00. The van der Waals surface area contributed by atoms with E-state index in [1.54, 1.807) is 11.3 Å². The third-order valence-corrected chi connectivity index (χ3v) is 5.78. The Kier molecular flexibility index (Phi) is 7.41. The lowest BCUT2D eigenvalue weighted by Crippen LogP contribution is -2.38. The van der Waals surface area contributed by atoms with E-state index in [0.29, 0.717) is 6.54 Å². The molecule has 1 aromatic carbocycles. The number of nitrogens with one attached hydrogen (secondary N) is 2. The molecule has 2 N–H and O–H groups in total. The quantitative estimate of drug-likeness (QED) is 0.439. The molecule has 3 rings (SSSR count). The Bertz CT molecular complexity index is 963. The van der Waals surface area contributed by atoms with Crippen molar-refractivity contribution in [2.24, 2.45) is 4.99 Å². The Morgan fingerprint density at radius 3 is 2.72 bits per heavy atom. The molecular formula is C22H30N6S. The van der Waals surface area contributed by atoms with Gasteiger partial charge in [-0.2, -0.15) is 0 Å². The van der Waals surface area contributed by atoms with Crippen molar-refractivity contribution in [2.75, 3.05) is 32.1 Å². The monoisotopic (exact) mass is 410 g/mol. The number of hydrogen-bond acceptors (Lipinski definition) is 5. The lowest BCUT2D eigenvalue weighted by atomic mass is 10.1. The molecule has 2 aromatic heterocycles. The molecule has 0 aliphatic carbocycles. The van der Waals surface area contributed by atoms with Crippen LogP contribution in [0.2, 0.25) is 0 Å². The van der Waals surface area contributed by atoms with E-state index in [1.807, 2.05) is 31.3 Å². The number of benzene rings is 1. The van der Waals surface area contributed by atoms with Crippen LogP contribution in [0.3, 0.4) is 0 Å². The van der Waals surface area contributed by atoms with E-state index in [0.717, 1.165) is 48.6 Å². The summed E-state index contributed by atoms with van der Waals surface area (Å²) in [5.41, 5.74) is 2.17. The zero-order valence-corrected chi connectivity index (χ0v) is 18.5. The van der Waals surface area contributed by atoms with Crippen LogP contribution in [0.15, 0.2) is 41.5 Å². The third kappa shape index (κ3) is 5.67. The van der Waals surface area contributed by atoms with Gasteiger partial charge in [0, 0.05) is 50.1 Å². The Labute approximate surface area is 177 Å². The first-order valence-electron chi connectivity index (χ1n) is 10.1. The van der Waals surface area contributed by atoms with Gasteiger partial charge in [-0.05, 0) is 31.0 Å². The van der Waals surface area contributed by atoms with Crippen LogP contribution in [0.5, 0.6) is 0 Å². The van der Waals surface area contributed by atoms with Gasteiger partial charge in [0.2, 0.25) is 0 Å². The van der Waals surface area contributed by atoms with Crippen molar-refractivity contribution in [1.82, 2.24) is 20.6 Å². The molecule has 0 saturated carbocycles. The largest absolute Gasteiger partial charge is 0.363 e. The van der Waals surface area contributed by atoms with Crippen molar-refractivity contribution < 1.29 is 0 Å². The highest BCUT2D eigenvalue weighted by Gasteiger charge is 2.08. The minimum absolute atomic E-state index is 0.594. The molecule has 154 valence electrons. The van der Waals surface area contributed by atoms with Crippen LogP contribution in [0.1, 0.15) is 29.3 Å². The van der Waals surface area contributed by atoms with Gasteiger partial charge in [-0.15, -0.1) is 11.3 Å². The van der Waals surface area contributed by atoms with Gasteiger partial charge in [0.15, 0.2) is 5.96 Å². The van der Waals surface area contributed by atoms with E-state index >= 15 is 0 Å². The van der Waals surface area contributed by atoms with Crippen molar-refractivity contribution in [3.05, 3.63) is 52.0 Å². The number of hydrogen-bond donors (Lipinski definition) is 2. The summed E-state index contributed by atoms with van der Waals surface area (Å²) in [6.07, 6.45) is 3.93. The second-order valence-corrected chi connectivity index (χ2v) is 8.20. The molecule has 6 nitrogen and oxygen atoms in total. The highest BCUT2D eigenvalue weighted by molar-refractivity contribution is 7.11. The second kappa shape index (κ2) is 10.2. The van der Waals surface area contributed by atoms with Crippen LogP contribution in [0.25, 0.3) is 10.9 Å².